The zero-order valence-electron chi connectivity index (χ0n) is 9.10. The molecule has 0 amide bonds. The number of carbonyl (C=O) groups is 1. The van der Waals surface area contributed by atoms with Crippen molar-refractivity contribution < 1.29 is 9.90 Å². The number of aromatic carboxylic acids is 1. The molecule has 0 aliphatic heterocycles. The van der Waals surface area contributed by atoms with Crippen molar-refractivity contribution in [3.8, 4) is 0 Å². The smallest absolute Gasteiger partial charge is 0.356 e. The van der Waals surface area contributed by atoms with Crippen LogP contribution in [0.2, 0.25) is 0 Å². The van der Waals surface area contributed by atoms with Gasteiger partial charge in [-0.3, -0.25) is 0 Å². The summed E-state index contributed by atoms with van der Waals surface area (Å²) in [6.07, 6.45) is 2.49. The summed E-state index contributed by atoms with van der Waals surface area (Å²) < 4.78 is 0. The van der Waals surface area contributed by atoms with Crippen molar-refractivity contribution in [2.75, 3.05) is 18.0 Å². The molecule has 0 aliphatic carbocycles. The molecule has 1 rings (SSSR count). The predicted molar refractivity (Wildman–Crippen MR) is 59.4 cm³/mol. The molecule has 0 fully saturated rings. The monoisotopic (exact) mass is 208 g/mol. The first-order valence-electron chi connectivity index (χ1n) is 5.14. The van der Waals surface area contributed by atoms with Gasteiger partial charge in [0.05, 0.1) is 5.69 Å². The van der Waals surface area contributed by atoms with E-state index in [-0.39, 0.29) is 5.69 Å². The highest BCUT2D eigenvalue weighted by atomic mass is 16.4. The molecular formula is C11H16N2O2. The maximum absolute atomic E-state index is 11.0. The van der Waals surface area contributed by atoms with Crippen molar-refractivity contribution in [2.24, 2.45) is 0 Å². The minimum Gasteiger partial charge on any atom is -0.476 e. The fourth-order valence-electron chi connectivity index (χ4n) is 1.54. The van der Waals surface area contributed by atoms with Crippen LogP contribution in [0.15, 0.2) is 18.3 Å². The van der Waals surface area contributed by atoms with Gasteiger partial charge in [0.2, 0.25) is 0 Å². The van der Waals surface area contributed by atoms with Crippen LogP contribution in [0.5, 0.6) is 0 Å². The molecule has 1 heterocycles. The molecule has 0 saturated carbocycles. The van der Waals surface area contributed by atoms with Crippen molar-refractivity contribution >= 4 is 11.7 Å². The van der Waals surface area contributed by atoms with Crippen LogP contribution in [-0.4, -0.2) is 29.1 Å². The van der Waals surface area contributed by atoms with Gasteiger partial charge < -0.3 is 10.0 Å². The van der Waals surface area contributed by atoms with Crippen LogP contribution in [0.1, 0.15) is 30.8 Å². The Bertz CT molecular complexity index is 339. The second-order valence-corrected chi connectivity index (χ2v) is 3.26. The maximum atomic E-state index is 11.0. The van der Waals surface area contributed by atoms with Crippen LogP contribution in [-0.2, 0) is 0 Å². The third-order valence-corrected chi connectivity index (χ3v) is 2.20. The van der Waals surface area contributed by atoms with E-state index in [2.05, 4.69) is 11.9 Å². The summed E-state index contributed by atoms with van der Waals surface area (Å²) in [5.41, 5.74) is 0.835. The first-order valence-corrected chi connectivity index (χ1v) is 5.14. The highest BCUT2D eigenvalue weighted by molar-refractivity contribution is 5.92. The summed E-state index contributed by atoms with van der Waals surface area (Å²) in [5.74, 6) is -0.972. The zero-order chi connectivity index (χ0) is 11.3. The molecule has 0 spiro atoms. The van der Waals surface area contributed by atoms with Crippen LogP contribution in [0.25, 0.3) is 0 Å². The normalized spacial score (nSPS) is 10.0. The van der Waals surface area contributed by atoms with Crippen molar-refractivity contribution in [3.05, 3.63) is 24.0 Å². The Kier molecular flexibility index (Phi) is 4.09. The molecule has 0 unspecified atom stereocenters. The lowest BCUT2D eigenvalue weighted by atomic mass is 10.2. The van der Waals surface area contributed by atoms with E-state index in [1.165, 1.54) is 6.20 Å². The fourth-order valence-corrected chi connectivity index (χ4v) is 1.54. The maximum Gasteiger partial charge on any atom is 0.356 e. The lowest BCUT2D eigenvalue weighted by Crippen LogP contribution is -2.25. The van der Waals surface area contributed by atoms with Crippen molar-refractivity contribution in [1.82, 2.24) is 4.98 Å². The lowest BCUT2D eigenvalue weighted by molar-refractivity contribution is 0.0691. The number of aromatic nitrogens is 1. The number of rotatable bonds is 5. The standard InChI is InChI=1S/C11H16N2O2/c1-3-8-13(4-2)9-6-5-7-12-10(9)11(14)15/h5-7H,3-4,8H2,1-2H3,(H,14,15). The minimum atomic E-state index is -0.972. The molecule has 4 heteroatoms. The molecule has 0 aromatic carbocycles. The summed E-state index contributed by atoms with van der Waals surface area (Å²) >= 11 is 0. The number of anilines is 1. The Morgan fingerprint density at radius 1 is 1.53 bits per heavy atom. The van der Waals surface area contributed by atoms with Gasteiger partial charge in [0, 0.05) is 19.3 Å². The van der Waals surface area contributed by atoms with Crippen molar-refractivity contribution in [1.29, 1.82) is 0 Å². The largest absolute Gasteiger partial charge is 0.476 e. The number of nitrogens with zero attached hydrogens (tertiary/aromatic N) is 2. The number of carboxylic acid groups (broad SMARTS) is 1. The van der Waals surface area contributed by atoms with Crippen LogP contribution >= 0.6 is 0 Å². The minimum absolute atomic E-state index is 0.132. The third kappa shape index (κ3) is 2.68. The average molecular weight is 208 g/mol. The number of hydrogen-bond donors (Lipinski definition) is 1. The molecular weight excluding hydrogens is 192 g/mol. The molecule has 0 radical (unpaired) electrons. The van der Waals surface area contributed by atoms with Gasteiger partial charge in [-0.25, -0.2) is 9.78 Å². The van der Waals surface area contributed by atoms with Gasteiger partial charge in [0.1, 0.15) is 0 Å². The van der Waals surface area contributed by atoms with E-state index >= 15 is 0 Å². The van der Waals surface area contributed by atoms with E-state index < -0.39 is 5.97 Å². The van der Waals surface area contributed by atoms with Gasteiger partial charge in [-0.1, -0.05) is 6.92 Å². The molecule has 0 saturated heterocycles. The first-order chi connectivity index (χ1) is 7.20. The summed E-state index contributed by atoms with van der Waals surface area (Å²) in [4.78, 5) is 16.9. The zero-order valence-corrected chi connectivity index (χ0v) is 9.10. The van der Waals surface area contributed by atoms with Gasteiger partial charge >= 0.3 is 5.97 Å². The van der Waals surface area contributed by atoms with E-state index in [0.717, 1.165) is 19.5 Å². The second-order valence-electron chi connectivity index (χ2n) is 3.26. The Balaban J connectivity index is 3.04. The SMILES string of the molecule is CCCN(CC)c1cccnc1C(=O)O. The Morgan fingerprint density at radius 2 is 2.27 bits per heavy atom. The topological polar surface area (TPSA) is 53.4 Å². The van der Waals surface area contributed by atoms with Crippen LogP contribution in [0.3, 0.4) is 0 Å². The molecule has 82 valence electrons. The summed E-state index contributed by atoms with van der Waals surface area (Å²) in [6, 6.07) is 3.57. The third-order valence-electron chi connectivity index (χ3n) is 2.20. The quantitative estimate of drug-likeness (QED) is 0.804. The van der Waals surface area contributed by atoms with Gasteiger partial charge in [0.15, 0.2) is 5.69 Å². The Hall–Kier alpha value is -1.58. The van der Waals surface area contributed by atoms with E-state index in [0.29, 0.717) is 5.69 Å². The molecule has 0 aliphatic rings. The molecule has 4 nitrogen and oxygen atoms in total. The number of carboxylic acids is 1. The fraction of sp³-hybridized carbons (Fsp3) is 0.455. The van der Waals surface area contributed by atoms with Gasteiger partial charge in [-0.15, -0.1) is 0 Å². The van der Waals surface area contributed by atoms with Gasteiger partial charge in [-0.2, -0.15) is 0 Å². The highest BCUT2D eigenvalue weighted by Gasteiger charge is 2.14. The average Bonchev–Trinajstić information content (AvgIpc) is 2.26. The Labute approximate surface area is 89.6 Å². The predicted octanol–water partition coefficient (Wildman–Crippen LogP) is 2.02. The molecule has 15 heavy (non-hydrogen) atoms. The van der Waals surface area contributed by atoms with E-state index in [9.17, 15) is 4.79 Å². The van der Waals surface area contributed by atoms with E-state index in [1.807, 2.05) is 11.8 Å². The van der Waals surface area contributed by atoms with Crippen molar-refractivity contribution in [3.63, 3.8) is 0 Å². The van der Waals surface area contributed by atoms with Gasteiger partial charge in [0.25, 0.3) is 0 Å². The van der Waals surface area contributed by atoms with E-state index in [1.54, 1.807) is 12.1 Å². The molecule has 1 aromatic rings. The molecule has 0 atom stereocenters. The van der Waals surface area contributed by atoms with Crippen LogP contribution < -0.4 is 4.90 Å². The van der Waals surface area contributed by atoms with Crippen molar-refractivity contribution in [2.45, 2.75) is 20.3 Å². The first kappa shape index (κ1) is 11.5. The summed E-state index contributed by atoms with van der Waals surface area (Å²) in [7, 11) is 0. The summed E-state index contributed by atoms with van der Waals surface area (Å²) in [6.45, 7) is 5.72. The molecule has 1 N–H and O–H groups in total. The van der Waals surface area contributed by atoms with Gasteiger partial charge in [-0.05, 0) is 25.5 Å². The molecule has 1 aromatic heterocycles. The summed E-state index contributed by atoms with van der Waals surface area (Å²) in [5, 5.41) is 8.99. The highest BCUT2D eigenvalue weighted by Crippen LogP contribution is 2.18. The number of pyridine rings is 1. The lowest BCUT2D eigenvalue weighted by Gasteiger charge is -2.23. The Morgan fingerprint density at radius 3 is 2.80 bits per heavy atom. The van der Waals surface area contributed by atoms with Crippen LogP contribution in [0, 0.1) is 0 Å². The second kappa shape index (κ2) is 5.34. The van der Waals surface area contributed by atoms with Crippen LogP contribution in [0.4, 0.5) is 5.69 Å². The number of hydrogen-bond acceptors (Lipinski definition) is 3. The molecule has 0 bridgehead atoms. The van der Waals surface area contributed by atoms with E-state index in [4.69, 9.17) is 5.11 Å².